The van der Waals surface area contributed by atoms with Crippen molar-refractivity contribution in [2.75, 3.05) is 26.7 Å². The van der Waals surface area contributed by atoms with Crippen molar-refractivity contribution in [1.82, 2.24) is 10.2 Å². The number of thiophene rings is 1. The average Bonchev–Trinajstić information content (AvgIpc) is 3.13. The van der Waals surface area contributed by atoms with Crippen LogP contribution >= 0.6 is 11.3 Å². The van der Waals surface area contributed by atoms with Crippen LogP contribution < -0.4 is 5.32 Å². The Bertz CT molecular complexity index is 400. The van der Waals surface area contributed by atoms with Crippen molar-refractivity contribution < 1.29 is 4.74 Å². The number of nitrogens with one attached hydrogen (secondary N) is 1. The molecule has 0 amide bonds. The number of nitrogens with zero attached hydrogens (tertiary/aromatic N) is 1. The van der Waals surface area contributed by atoms with Gasteiger partial charge >= 0.3 is 0 Å². The van der Waals surface area contributed by atoms with Gasteiger partial charge in [0.25, 0.3) is 0 Å². The van der Waals surface area contributed by atoms with Gasteiger partial charge in [-0.05, 0) is 43.8 Å². The first-order chi connectivity index (χ1) is 8.81. The normalized spacial score (nSPS) is 29.7. The summed E-state index contributed by atoms with van der Waals surface area (Å²) in [5.41, 5.74) is 1.42. The summed E-state index contributed by atoms with van der Waals surface area (Å²) in [4.78, 5) is 4.19. The van der Waals surface area contributed by atoms with E-state index in [1.54, 1.807) is 0 Å². The predicted octanol–water partition coefficient (Wildman–Crippen LogP) is 2.18. The zero-order chi connectivity index (χ0) is 12.5. The number of hydrogen-bond acceptors (Lipinski definition) is 4. The standard InChI is InChI=1S/C14H22N2OS/c1-10-5-8-18-14(10)13-12(9-15-2)17-7-6-16(13)11-3-4-11/h5,8,11-13,15H,3-4,6-7,9H2,1-2H3. The van der Waals surface area contributed by atoms with E-state index in [1.165, 1.54) is 23.3 Å². The van der Waals surface area contributed by atoms with E-state index < -0.39 is 0 Å². The Labute approximate surface area is 113 Å². The Morgan fingerprint density at radius 1 is 1.50 bits per heavy atom. The Morgan fingerprint density at radius 3 is 2.94 bits per heavy atom. The molecule has 3 rings (SSSR count). The number of aryl methyl sites for hydroxylation is 1. The highest BCUT2D eigenvalue weighted by atomic mass is 32.1. The topological polar surface area (TPSA) is 24.5 Å². The lowest BCUT2D eigenvalue weighted by Gasteiger charge is -2.41. The molecule has 4 heteroatoms. The van der Waals surface area contributed by atoms with E-state index in [4.69, 9.17) is 4.74 Å². The number of morpholine rings is 1. The van der Waals surface area contributed by atoms with Crippen molar-refractivity contribution in [3.63, 3.8) is 0 Å². The molecule has 1 aliphatic heterocycles. The molecule has 1 aromatic rings. The average molecular weight is 266 g/mol. The van der Waals surface area contributed by atoms with Crippen molar-refractivity contribution in [2.45, 2.75) is 38.0 Å². The predicted molar refractivity (Wildman–Crippen MR) is 75.2 cm³/mol. The SMILES string of the molecule is CNCC1OCCN(C2CC2)C1c1sccc1C. The van der Waals surface area contributed by atoms with Gasteiger partial charge < -0.3 is 10.1 Å². The first kappa shape index (κ1) is 12.6. The van der Waals surface area contributed by atoms with Crippen LogP contribution in [-0.4, -0.2) is 43.8 Å². The molecule has 1 aliphatic carbocycles. The molecule has 2 heterocycles. The van der Waals surface area contributed by atoms with Gasteiger partial charge in [0.2, 0.25) is 0 Å². The smallest absolute Gasteiger partial charge is 0.0904 e. The Morgan fingerprint density at radius 2 is 2.33 bits per heavy atom. The first-order valence-electron chi connectivity index (χ1n) is 6.87. The minimum absolute atomic E-state index is 0.293. The molecular formula is C14H22N2OS. The van der Waals surface area contributed by atoms with Gasteiger partial charge in [0, 0.05) is 24.0 Å². The number of likely N-dealkylation sites (N-methyl/N-ethyl adjacent to an activating group) is 1. The Kier molecular flexibility index (Phi) is 3.71. The lowest BCUT2D eigenvalue weighted by molar-refractivity contribution is -0.0729. The van der Waals surface area contributed by atoms with Gasteiger partial charge in [0.05, 0.1) is 18.8 Å². The maximum absolute atomic E-state index is 6.02. The maximum atomic E-state index is 6.02. The second kappa shape index (κ2) is 5.29. The zero-order valence-electron chi connectivity index (χ0n) is 11.2. The van der Waals surface area contributed by atoms with Gasteiger partial charge in [-0.25, -0.2) is 0 Å². The third-order valence-electron chi connectivity index (χ3n) is 3.98. The largest absolute Gasteiger partial charge is 0.374 e. The molecule has 2 atom stereocenters. The minimum Gasteiger partial charge on any atom is -0.374 e. The zero-order valence-corrected chi connectivity index (χ0v) is 12.0. The van der Waals surface area contributed by atoms with Gasteiger partial charge in [-0.2, -0.15) is 0 Å². The van der Waals surface area contributed by atoms with E-state index in [0.717, 1.165) is 25.7 Å². The fourth-order valence-electron chi connectivity index (χ4n) is 2.95. The van der Waals surface area contributed by atoms with Crippen LogP contribution in [0.3, 0.4) is 0 Å². The fraction of sp³-hybridized carbons (Fsp3) is 0.714. The molecule has 0 radical (unpaired) electrons. The summed E-state index contributed by atoms with van der Waals surface area (Å²) in [5, 5.41) is 5.49. The first-order valence-corrected chi connectivity index (χ1v) is 7.75. The minimum atomic E-state index is 0.293. The van der Waals surface area contributed by atoms with Gasteiger partial charge in [-0.3, -0.25) is 4.90 Å². The van der Waals surface area contributed by atoms with Crippen molar-refractivity contribution >= 4 is 11.3 Å². The molecule has 1 N–H and O–H groups in total. The molecule has 1 saturated carbocycles. The molecule has 1 saturated heterocycles. The van der Waals surface area contributed by atoms with Crippen molar-refractivity contribution in [3.8, 4) is 0 Å². The third-order valence-corrected chi connectivity index (χ3v) is 5.07. The molecule has 0 bridgehead atoms. The van der Waals surface area contributed by atoms with E-state index >= 15 is 0 Å². The van der Waals surface area contributed by atoms with E-state index in [0.29, 0.717) is 12.1 Å². The molecule has 2 unspecified atom stereocenters. The van der Waals surface area contributed by atoms with Crippen LogP contribution in [0.25, 0.3) is 0 Å². The summed E-state index contributed by atoms with van der Waals surface area (Å²) in [6.45, 7) is 5.13. The molecule has 0 aromatic carbocycles. The fourth-order valence-corrected chi connectivity index (χ4v) is 4.05. The van der Waals surface area contributed by atoms with Crippen LogP contribution in [0, 0.1) is 6.92 Å². The van der Waals surface area contributed by atoms with Crippen LogP contribution in [0.2, 0.25) is 0 Å². The molecule has 2 aliphatic rings. The highest BCUT2D eigenvalue weighted by Crippen LogP contribution is 2.41. The van der Waals surface area contributed by atoms with Crippen LogP contribution in [0.5, 0.6) is 0 Å². The molecular weight excluding hydrogens is 244 g/mol. The van der Waals surface area contributed by atoms with Gasteiger partial charge in [0.15, 0.2) is 0 Å². The highest BCUT2D eigenvalue weighted by Gasteiger charge is 2.41. The second-order valence-corrected chi connectivity index (χ2v) is 6.30. The summed E-state index contributed by atoms with van der Waals surface area (Å²) < 4.78 is 6.02. The van der Waals surface area contributed by atoms with Crippen LogP contribution in [0.15, 0.2) is 11.4 Å². The highest BCUT2D eigenvalue weighted by molar-refractivity contribution is 7.10. The quantitative estimate of drug-likeness (QED) is 0.904. The Balaban J connectivity index is 1.88. The molecule has 0 spiro atoms. The van der Waals surface area contributed by atoms with Crippen molar-refractivity contribution in [3.05, 3.63) is 21.9 Å². The molecule has 1 aromatic heterocycles. The van der Waals surface area contributed by atoms with Crippen molar-refractivity contribution in [1.29, 1.82) is 0 Å². The van der Waals surface area contributed by atoms with Crippen LogP contribution in [-0.2, 0) is 4.74 Å². The maximum Gasteiger partial charge on any atom is 0.0904 e. The van der Waals surface area contributed by atoms with E-state index in [9.17, 15) is 0 Å². The second-order valence-electron chi connectivity index (χ2n) is 5.35. The summed E-state index contributed by atoms with van der Waals surface area (Å²) in [6, 6.07) is 3.49. The third kappa shape index (κ3) is 2.35. The van der Waals surface area contributed by atoms with Crippen LogP contribution in [0.4, 0.5) is 0 Å². The van der Waals surface area contributed by atoms with E-state index in [-0.39, 0.29) is 0 Å². The van der Waals surface area contributed by atoms with Gasteiger partial charge in [0.1, 0.15) is 0 Å². The van der Waals surface area contributed by atoms with Gasteiger partial charge in [-0.1, -0.05) is 0 Å². The summed E-state index contributed by atoms with van der Waals surface area (Å²) >= 11 is 1.89. The number of ether oxygens (including phenoxy) is 1. The van der Waals surface area contributed by atoms with E-state index in [2.05, 4.69) is 28.6 Å². The lowest BCUT2D eigenvalue weighted by atomic mass is 10.0. The number of rotatable bonds is 4. The molecule has 2 fully saturated rings. The molecule has 18 heavy (non-hydrogen) atoms. The summed E-state index contributed by atoms with van der Waals surface area (Å²) in [7, 11) is 2.01. The van der Waals surface area contributed by atoms with Crippen molar-refractivity contribution in [2.24, 2.45) is 0 Å². The summed E-state index contributed by atoms with van der Waals surface area (Å²) in [5.74, 6) is 0. The number of hydrogen-bond donors (Lipinski definition) is 1. The molecule has 3 nitrogen and oxygen atoms in total. The van der Waals surface area contributed by atoms with Crippen LogP contribution in [0.1, 0.15) is 29.3 Å². The summed E-state index contributed by atoms with van der Waals surface area (Å²) in [6.07, 6.45) is 3.03. The van der Waals surface area contributed by atoms with E-state index in [1.807, 2.05) is 18.4 Å². The Hall–Kier alpha value is -0.420. The monoisotopic (exact) mass is 266 g/mol. The lowest BCUT2D eigenvalue weighted by Crippen LogP contribution is -2.49. The van der Waals surface area contributed by atoms with Gasteiger partial charge in [-0.15, -0.1) is 11.3 Å². The molecule has 100 valence electrons.